The summed E-state index contributed by atoms with van der Waals surface area (Å²) in [7, 11) is 0. The summed E-state index contributed by atoms with van der Waals surface area (Å²) in [6, 6.07) is 21.4. The van der Waals surface area contributed by atoms with Gasteiger partial charge >= 0.3 is 28.5 Å². The molecule has 0 spiro atoms. The van der Waals surface area contributed by atoms with Crippen molar-refractivity contribution in [2.75, 3.05) is 0 Å². The van der Waals surface area contributed by atoms with E-state index in [1.54, 1.807) is 0 Å². The third kappa shape index (κ3) is 4.32. The molecule has 0 aliphatic rings. The van der Waals surface area contributed by atoms with Crippen molar-refractivity contribution in [3.8, 4) is 0 Å². The quantitative estimate of drug-likeness (QED) is 0.374. The highest BCUT2D eigenvalue weighted by molar-refractivity contribution is 5.98. The number of aliphatic carboxylic acids is 1. The summed E-state index contributed by atoms with van der Waals surface area (Å²) in [6.07, 6.45) is 1.74. The first-order valence-corrected chi connectivity index (χ1v) is 11.1. The lowest BCUT2D eigenvalue weighted by Gasteiger charge is -2.05. The van der Waals surface area contributed by atoms with Gasteiger partial charge in [0.05, 0.1) is 21.5 Å². The van der Waals surface area contributed by atoms with Gasteiger partial charge in [-0.15, -0.1) is 0 Å². The average Bonchev–Trinajstić information content (AvgIpc) is 3.30. The third-order valence-corrected chi connectivity index (χ3v) is 6.03. The van der Waals surface area contributed by atoms with Crippen LogP contribution in [0.25, 0.3) is 43.1 Å². The summed E-state index contributed by atoms with van der Waals surface area (Å²) in [6.45, 7) is 0. The molecule has 0 fully saturated rings. The van der Waals surface area contributed by atoms with Crippen molar-refractivity contribution in [3.05, 3.63) is 114 Å². The van der Waals surface area contributed by atoms with Crippen LogP contribution in [-0.4, -0.2) is 11.1 Å². The highest BCUT2D eigenvalue weighted by Gasteiger charge is 2.15. The first-order chi connectivity index (χ1) is 17.3. The first kappa shape index (κ1) is 22.9. The van der Waals surface area contributed by atoms with Gasteiger partial charge in [0.25, 0.3) is 0 Å². The topological polar surface area (TPSA) is 132 Å². The zero-order chi connectivity index (χ0) is 25.4. The molecule has 6 rings (SSSR count). The van der Waals surface area contributed by atoms with Crippen molar-refractivity contribution >= 4 is 49.1 Å². The van der Waals surface area contributed by atoms with E-state index in [0.29, 0.717) is 6.42 Å². The Balaban J connectivity index is 0.000000152. The van der Waals surface area contributed by atoms with E-state index in [9.17, 15) is 24.0 Å². The number of furan rings is 2. The summed E-state index contributed by atoms with van der Waals surface area (Å²) in [5.74, 6) is -0.725. The molecule has 8 heteroatoms. The largest absolute Gasteiger partial charge is 0.481 e. The van der Waals surface area contributed by atoms with Crippen LogP contribution >= 0.6 is 0 Å². The predicted octanol–water partition coefficient (Wildman–Crippen LogP) is 3.90. The van der Waals surface area contributed by atoms with Crippen LogP contribution in [-0.2, 0) is 11.2 Å². The monoisotopic (exact) mass is 482 g/mol. The van der Waals surface area contributed by atoms with Crippen molar-refractivity contribution in [3.63, 3.8) is 0 Å². The summed E-state index contributed by atoms with van der Waals surface area (Å²) in [5.41, 5.74) is -2.09. The van der Waals surface area contributed by atoms with Gasteiger partial charge in [-0.3, -0.25) is 4.79 Å². The Morgan fingerprint density at radius 1 is 0.611 bits per heavy atom. The van der Waals surface area contributed by atoms with Gasteiger partial charge in [0.15, 0.2) is 0 Å². The summed E-state index contributed by atoms with van der Waals surface area (Å²) >= 11 is 0. The standard InChI is InChI=1S/C18H16O2.C10H2O6/c19-18(20)7-3-4-13-8-9-16-11-14-5-1-2-6-15(14)12-17(16)10-13;11-7-3-1-4-6(10(14)16-8(4)12)2-5(3)9(13)15-7/h1-2,5-6,8-12H,3-4,7H2,(H,19,20);1-2H. The molecule has 0 saturated carbocycles. The molecule has 4 aromatic carbocycles. The van der Waals surface area contributed by atoms with E-state index in [2.05, 4.69) is 57.4 Å². The predicted molar refractivity (Wildman–Crippen MR) is 135 cm³/mol. The second-order valence-electron chi connectivity index (χ2n) is 8.43. The van der Waals surface area contributed by atoms with E-state index in [-0.39, 0.29) is 28.0 Å². The molecule has 36 heavy (non-hydrogen) atoms. The molecule has 6 aromatic rings. The number of carboxylic acids is 1. The molecular weight excluding hydrogens is 464 g/mol. The second-order valence-corrected chi connectivity index (χ2v) is 8.43. The van der Waals surface area contributed by atoms with E-state index in [1.165, 1.54) is 27.1 Å². The number of aryl methyl sites for hydroxylation is 1. The third-order valence-electron chi connectivity index (χ3n) is 6.03. The number of rotatable bonds is 4. The van der Waals surface area contributed by atoms with Crippen LogP contribution in [0.1, 0.15) is 18.4 Å². The maximum atomic E-state index is 11.2. The normalized spacial score (nSPS) is 11.2. The Hall–Kier alpha value is -4.85. The number of fused-ring (bicyclic) bond motifs is 4. The molecule has 2 heterocycles. The van der Waals surface area contributed by atoms with Crippen molar-refractivity contribution in [1.29, 1.82) is 0 Å². The van der Waals surface area contributed by atoms with E-state index >= 15 is 0 Å². The van der Waals surface area contributed by atoms with E-state index in [1.807, 2.05) is 6.07 Å². The maximum absolute atomic E-state index is 11.2. The Bertz CT molecular complexity index is 1840. The zero-order valence-corrected chi connectivity index (χ0v) is 18.8. The van der Waals surface area contributed by atoms with Crippen LogP contribution in [0.4, 0.5) is 0 Å². The lowest BCUT2D eigenvalue weighted by Crippen LogP contribution is -1.96. The Labute approximate surface area is 201 Å². The Morgan fingerprint density at radius 3 is 1.58 bits per heavy atom. The van der Waals surface area contributed by atoms with Crippen LogP contribution in [0.3, 0.4) is 0 Å². The fraction of sp³-hybridized carbons (Fsp3) is 0.107. The zero-order valence-electron chi connectivity index (χ0n) is 18.8. The molecule has 0 aliphatic carbocycles. The van der Waals surface area contributed by atoms with Crippen molar-refractivity contribution in [2.24, 2.45) is 0 Å². The van der Waals surface area contributed by atoms with Gasteiger partial charge in [-0.05, 0) is 64.2 Å². The van der Waals surface area contributed by atoms with Crippen LogP contribution in [0.15, 0.2) is 94.7 Å². The summed E-state index contributed by atoms with van der Waals surface area (Å²) in [5, 5.41) is 13.5. The SMILES string of the molecule is O=C(O)CCCc1ccc2cc3ccccc3cc2c1.O=c1oc(=O)c2cc3c(=O)oc(=O)c3cc12. The Kier molecular flexibility index (Phi) is 5.77. The number of hydrogen-bond donors (Lipinski definition) is 1. The van der Waals surface area contributed by atoms with E-state index in [0.717, 1.165) is 18.6 Å². The number of benzene rings is 4. The minimum absolute atomic E-state index is 0.0181. The lowest BCUT2D eigenvalue weighted by atomic mass is 10.00. The minimum atomic E-state index is -0.824. The van der Waals surface area contributed by atoms with Crippen LogP contribution in [0.2, 0.25) is 0 Å². The second kappa shape index (κ2) is 9.07. The van der Waals surface area contributed by atoms with Crippen LogP contribution in [0.5, 0.6) is 0 Å². The minimum Gasteiger partial charge on any atom is -0.481 e. The number of carboxylic acid groups (broad SMARTS) is 1. The van der Waals surface area contributed by atoms with E-state index < -0.39 is 28.5 Å². The molecular formula is C28H18O8. The van der Waals surface area contributed by atoms with Crippen LogP contribution < -0.4 is 22.5 Å². The van der Waals surface area contributed by atoms with Gasteiger partial charge in [0.1, 0.15) is 0 Å². The average molecular weight is 482 g/mol. The van der Waals surface area contributed by atoms with Gasteiger partial charge < -0.3 is 13.9 Å². The summed E-state index contributed by atoms with van der Waals surface area (Å²) < 4.78 is 8.68. The number of carbonyl (C=O) groups is 1. The van der Waals surface area contributed by atoms with Gasteiger partial charge in [-0.1, -0.05) is 42.5 Å². The van der Waals surface area contributed by atoms with Crippen molar-refractivity contribution in [1.82, 2.24) is 0 Å². The molecule has 8 nitrogen and oxygen atoms in total. The van der Waals surface area contributed by atoms with Gasteiger partial charge in [-0.2, -0.15) is 0 Å². The molecule has 0 unspecified atom stereocenters. The molecule has 178 valence electrons. The highest BCUT2D eigenvalue weighted by atomic mass is 16.4. The molecule has 0 amide bonds. The van der Waals surface area contributed by atoms with Gasteiger partial charge in [-0.25, -0.2) is 19.2 Å². The fourth-order valence-electron chi connectivity index (χ4n) is 4.25. The lowest BCUT2D eigenvalue weighted by molar-refractivity contribution is -0.137. The summed E-state index contributed by atoms with van der Waals surface area (Å²) in [4.78, 5) is 55.3. The van der Waals surface area contributed by atoms with Gasteiger partial charge in [0.2, 0.25) is 0 Å². The molecule has 2 aromatic heterocycles. The molecule has 0 aliphatic heterocycles. The fourth-order valence-corrected chi connectivity index (χ4v) is 4.25. The maximum Gasteiger partial charge on any atom is 0.346 e. The Morgan fingerprint density at radius 2 is 1.08 bits per heavy atom. The van der Waals surface area contributed by atoms with Crippen molar-refractivity contribution in [2.45, 2.75) is 19.3 Å². The highest BCUT2D eigenvalue weighted by Crippen LogP contribution is 2.24. The molecule has 1 N–H and O–H groups in total. The number of hydrogen-bond acceptors (Lipinski definition) is 7. The smallest absolute Gasteiger partial charge is 0.346 e. The van der Waals surface area contributed by atoms with Gasteiger partial charge in [0, 0.05) is 6.42 Å². The molecule has 0 saturated heterocycles. The molecule has 0 bridgehead atoms. The van der Waals surface area contributed by atoms with Crippen molar-refractivity contribution < 1.29 is 18.7 Å². The molecule has 0 radical (unpaired) electrons. The molecule has 0 atom stereocenters. The first-order valence-electron chi connectivity index (χ1n) is 11.1. The van der Waals surface area contributed by atoms with E-state index in [4.69, 9.17) is 5.11 Å². The van der Waals surface area contributed by atoms with Crippen LogP contribution in [0, 0.1) is 0 Å².